The Balaban J connectivity index is 0.000000360. The van der Waals surface area contributed by atoms with Crippen molar-refractivity contribution in [3.63, 3.8) is 0 Å². The Bertz CT molecular complexity index is 796. The van der Waals surface area contributed by atoms with Crippen molar-refractivity contribution < 1.29 is 32.6 Å². The van der Waals surface area contributed by atoms with Crippen LogP contribution in [0, 0.1) is 0 Å². The number of nitrogens with one attached hydrogen (secondary N) is 1. The number of carbonyl (C=O) groups is 2. The first-order valence-electron chi connectivity index (χ1n) is 10.8. The van der Waals surface area contributed by atoms with Crippen molar-refractivity contribution >= 4 is 12.0 Å². The van der Waals surface area contributed by atoms with Gasteiger partial charge in [-0.05, 0) is 32.1 Å². The molecule has 1 aromatic rings. The van der Waals surface area contributed by atoms with E-state index in [9.17, 15) is 18.0 Å². The van der Waals surface area contributed by atoms with E-state index in [1.165, 1.54) is 5.56 Å². The van der Waals surface area contributed by atoms with Crippen molar-refractivity contribution in [2.24, 2.45) is 7.05 Å². The number of alkyl halides is 3. The van der Waals surface area contributed by atoms with E-state index in [-0.39, 0.29) is 17.7 Å². The predicted molar refractivity (Wildman–Crippen MR) is 108 cm³/mol. The first-order chi connectivity index (χ1) is 15.1. The molecule has 0 unspecified atom stereocenters. The third kappa shape index (κ3) is 6.58. The fraction of sp³-hybridized carbons (Fsp3) is 0.750. The summed E-state index contributed by atoms with van der Waals surface area (Å²) in [6.07, 6.45) is 4.09. The maximum absolute atomic E-state index is 12.4. The number of aliphatic carboxylic acids is 1. The average Bonchev–Trinajstić information content (AvgIpc) is 3.45. The molecule has 12 heteroatoms. The summed E-state index contributed by atoms with van der Waals surface area (Å²) in [4.78, 5) is 25.7. The second-order valence-electron chi connectivity index (χ2n) is 8.65. The smallest absolute Gasteiger partial charge is 0.475 e. The predicted octanol–water partition coefficient (Wildman–Crippen LogP) is 1.98. The number of hydrogen-bond donors (Lipinski definition) is 2. The van der Waals surface area contributed by atoms with E-state index in [4.69, 9.17) is 14.6 Å². The van der Waals surface area contributed by atoms with Gasteiger partial charge in [-0.25, -0.2) is 9.59 Å². The Morgan fingerprint density at radius 3 is 2.59 bits per heavy atom. The van der Waals surface area contributed by atoms with Gasteiger partial charge in [0.2, 0.25) is 0 Å². The van der Waals surface area contributed by atoms with Gasteiger partial charge in [-0.3, -0.25) is 9.58 Å². The van der Waals surface area contributed by atoms with Crippen LogP contribution in [0.25, 0.3) is 0 Å². The van der Waals surface area contributed by atoms with Crippen molar-refractivity contribution in [3.05, 3.63) is 18.0 Å². The molecule has 0 saturated carbocycles. The van der Waals surface area contributed by atoms with E-state index in [1.807, 2.05) is 22.8 Å². The SMILES string of the molecule is Cn1cc(CN2CC[C@@]3(C[C@H](NC(=O)N4CCCC4)CCO3)C2)cn1.O=C(O)C(F)(F)F. The number of likely N-dealkylation sites (tertiary alicyclic amines) is 2. The lowest BCUT2D eigenvalue weighted by Gasteiger charge is -2.39. The standard InChI is InChI=1S/C18H29N5O2.C2HF3O2/c1-21-12-15(11-19-21)13-22-8-5-18(14-22)10-16(4-9-25-18)20-17(24)23-6-2-3-7-23;3-2(4,5)1(6)7/h11-12,16H,2-10,13-14H2,1H3,(H,20,24);(H,6,7)/t16-,18-;/m1./s1. The lowest BCUT2D eigenvalue weighted by molar-refractivity contribution is -0.192. The number of nitrogens with zero attached hydrogens (tertiary/aromatic N) is 4. The van der Waals surface area contributed by atoms with Gasteiger partial charge in [-0.1, -0.05) is 0 Å². The van der Waals surface area contributed by atoms with Crippen LogP contribution < -0.4 is 5.32 Å². The van der Waals surface area contributed by atoms with E-state index < -0.39 is 12.1 Å². The lowest BCUT2D eigenvalue weighted by atomic mass is 9.89. The molecule has 4 rings (SSSR count). The molecule has 0 aliphatic carbocycles. The second kappa shape index (κ2) is 10.1. The van der Waals surface area contributed by atoms with Gasteiger partial charge < -0.3 is 20.1 Å². The zero-order valence-electron chi connectivity index (χ0n) is 18.1. The van der Waals surface area contributed by atoms with E-state index in [1.54, 1.807) is 0 Å². The number of carboxylic acids is 1. The van der Waals surface area contributed by atoms with Gasteiger partial charge in [0.05, 0.1) is 11.8 Å². The maximum Gasteiger partial charge on any atom is 0.490 e. The number of urea groups is 1. The summed E-state index contributed by atoms with van der Waals surface area (Å²) in [7, 11) is 1.95. The Labute approximate surface area is 184 Å². The minimum absolute atomic E-state index is 0.0938. The van der Waals surface area contributed by atoms with Crippen LogP contribution in [0.3, 0.4) is 0 Å². The van der Waals surface area contributed by atoms with Gasteiger partial charge in [-0.2, -0.15) is 18.3 Å². The molecule has 3 fully saturated rings. The number of aromatic nitrogens is 2. The zero-order valence-corrected chi connectivity index (χ0v) is 18.1. The number of rotatable bonds is 3. The molecule has 2 N–H and O–H groups in total. The van der Waals surface area contributed by atoms with Crippen molar-refractivity contribution in [2.45, 2.75) is 56.5 Å². The molecule has 9 nitrogen and oxygen atoms in total. The molecule has 3 aliphatic rings. The number of amides is 2. The number of carboxylic acid groups (broad SMARTS) is 1. The van der Waals surface area contributed by atoms with E-state index in [0.717, 1.165) is 71.4 Å². The molecule has 0 radical (unpaired) electrons. The number of hydrogen-bond acceptors (Lipinski definition) is 5. The van der Waals surface area contributed by atoms with Crippen molar-refractivity contribution in [1.82, 2.24) is 24.9 Å². The molecule has 1 spiro atoms. The van der Waals surface area contributed by atoms with Gasteiger partial charge in [0.15, 0.2) is 0 Å². The molecule has 4 heterocycles. The first-order valence-corrected chi connectivity index (χ1v) is 10.8. The van der Waals surface area contributed by atoms with Gasteiger partial charge in [0.1, 0.15) is 0 Å². The average molecular weight is 461 g/mol. The first kappa shape index (κ1) is 24.3. The van der Waals surface area contributed by atoms with Gasteiger partial charge in [0, 0.05) is 64.2 Å². The highest BCUT2D eigenvalue weighted by atomic mass is 19.4. The summed E-state index contributed by atoms with van der Waals surface area (Å²) in [5, 5.41) is 14.6. The summed E-state index contributed by atoms with van der Waals surface area (Å²) >= 11 is 0. The topological polar surface area (TPSA) is 99.9 Å². The zero-order chi connectivity index (χ0) is 23.4. The van der Waals surface area contributed by atoms with Gasteiger partial charge >= 0.3 is 18.2 Å². The highest BCUT2D eigenvalue weighted by Crippen LogP contribution is 2.35. The van der Waals surface area contributed by atoms with Crippen LogP contribution in [0.1, 0.15) is 37.7 Å². The fourth-order valence-electron chi connectivity index (χ4n) is 4.50. The molecule has 2 amide bonds. The summed E-state index contributed by atoms with van der Waals surface area (Å²) in [6, 6.07) is 0.352. The van der Waals surface area contributed by atoms with Crippen molar-refractivity contribution in [2.75, 3.05) is 32.8 Å². The summed E-state index contributed by atoms with van der Waals surface area (Å²) in [5.41, 5.74) is 1.15. The van der Waals surface area contributed by atoms with E-state index in [0.29, 0.717) is 0 Å². The van der Waals surface area contributed by atoms with Crippen LogP contribution in [-0.4, -0.2) is 87.3 Å². The monoisotopic (exact) mass is 461 g/mol. The second-order valence-corrected chi connectivity index (χ2v) is 8.65. The lowest BCUT2D eigenvalue weighted by Crippen LogP contribution is -2.52. The molecule has 2 atom stereocenters. The number of aryl methyl sites for hydroxylation is 1. The Kier molecular flexibility index (Phi) is 7.65. The number of carbonyl (C=O) groups excluding carboxylic acids is 1. The Morgan fingerprint density at radius 2 is 2.00 bits per heavy atom. The Hall–Kier alpha value is -2.34. The maximum atomic E-state index is 12.4. The molecule has 0 bridgehead atoms. The van der Waals surface area contributed by atoms with E-state index >= 15 is 0 Å². The summed E-state index contributed by atoms with van der Waals surface area (Å²) < 4.78 is 39.8. The third-order valence-corrected chi connectivity index (χ3v) is 6.02. The van der Waals surface area contributed by atoms with Crippen LogP contribution in [0.2, 0.25) is 0 Å². The minimum Gasteiger partial charge on any atom is -0.475 e. The summed E-state index contributed by atoms with van der Waals surface area (Å²) in [6.45, 7) is 5.45. The molecule has 3 aliphatic heterocycles. The summed E-state index contributed by atoms with van der Waals surface area (Å²) in [5.74, 6) is -2.76. The van der Waals surface area contributed by atoms with Crippen LogP contribution in [-0.2, 0) is 23.1 Å². The number of halogens is 3. The Morgan fingerprint density at radius 1 is 1.31 bits per heavy atom. The van der Waals surface area contributed by atoms with E-state index in [2.05, 4.69) is 21.5 Å². The molecule has 180 valence electrons. The molecule has 1 aromatic heterocycles. The number of ether oxygens (including phenoxy) is 1. The van der Waals surface area contributed by atoms with Crippen LogP contribution >= 0.6 is 0 Å². The van der Waals surface area contributed by atoms with Crippen LogP contribution in [0.4, 0.5) is 18.0 Å². The van der Waals surface area contributed by atoms with Crippen molar-refractivity contribution in [3.8, 4) is 0 Å². The van der Waals surface area contributed by atoms with Gasteiger partial charge in [-0.15, -0.1) is 0 Å². The highest BCUT2D eigenvalue weighted by molar-refractivity contribution is 5.74. The highest BCUT2D eigenvalue weighted by Gasteiger charge is 2.43. The molecule has 0 aromatic carbocycles. The largest absolute Gasteiger partial charge is 0.490 e. The molecular formula is C20H30F3N5O4. The quantitative estimate of drug-likeness (QED) is 0.714. The molecule has 3 saturated heterocycles. The fourth-order valence-corrected chi connectivity index (χ4v) is 4.50. The minimum atomic E-state index is -5.08. The van der Waals surface area contributed by atoms with Crippen LogP contribution in [0.5, 0.6) is 0 Å². The third-order valence-electron chi connectivity index (χ3n) is 6.02. The van der Waals surface area contributed by atoms with Crippen molar-refractivity contribution in [1.29, 1.82) is 0 Å². The van der Waals surface area contributed by atoms with Crippen LogP contribution in [0.15, 0.2) is 12.4 Å². The molecular weight excluding hydrogens is 431 g/mol. The normalized spacial score (nSPS) is 26.1. The molecule has 32 heavy (non-hydrogen) atoms. The van der Waals surface area contributed by atoms with Gasteiger partial charge in [0.25, 0.3) is 0 Å².